The lowest BCUT2D eigenvalue weighted by atomic mass is 9.95. The molecule has 0 aromatic heterocycles. The molecule has 0 bridgehead atoms. The molecule has 2 nitrogen and oxygen atoms in total. The first-order valence-electron chi connectivity index (χ1n) is 9.76. The van der Waals surface area contributed by atoms with Gasteiger partial charge in [0.25, 0.3) is 0 Å². The molecule has 0 N–H and O–H groups in total. The summed E-state index contributed by atoms with van der Waals surface area (Å²) in [5.41, 5.74) is 5.36. The number of benzene rings is 3. The zero-order chi connectivity index (χ0) is 18.5. The van der Waals surface area contributed by atoms with Crippen LogP contribution in [-0.4, -0.2) is 17.8 Å². The van der Waals surface area contributed by atoms with Crippen LogP contribution in [0.3, 0.4) is 0 Å². The molecule has 27 heavy (non-hydrogen) atoms. The number of aryl methyl sites for hydroxylation is 1. The maximum Gasteiger partial charge on any atom is 0.102 e. The Morgan fingerprint density at radius 1 is 0.815 bits per heavy atom. The van der Waals surface area contributed by atoms with Crippen molar-refractivity contribution in [1.82, 2.24) is 4.90 Å². The van der Waals surface area contributed by atoms with Crippen LogP contribution in [0.25, 0.3) is 0 Å². The Balaban J connectivity index is 1.60. The lowest BCUT2D eigenvalue weighted by Crippen LogP contribution is -2.25. The van der Waals surface area contributed by atoms with Crippen molar-refractivity contribution in [3.8, 4) is 0 Å². The summed E-state index contributed by atoms with van der Waals surface area (Å²) < 4.78 is 0. The number of aliphatic imine (C=N–C) groups is 1. The maximum atomic E-state index is 5.24. The molecule has 1 heterocycles. The molecule has 1 aliphatic heterocycles. The molecule has 1 aliphatic rings. The Labute approximate surface area is 162 Å². The van der Waals surface area contributed by atoms with Crippen LogP contribution in [0.5, 0.6) is 0 Å². The third-order valence-corrected chi connectivity index (χ3v) is 5.30. The van der Waals surface area contributed by atoms with E-state index in [0.29, 0.717) is 0 Å². The van der Waals surface area contributed by atoms with E-state index in [9.17, 15) is 0 Å². The molecule has 3 aromatic carbocycles. The molecule has 4 rings (SSSR count). The van der Waals surface area contributed by atoms with Crippen molar-refractivity contribution in [2.24, 2.45) is 4.99 Å². The van der Waals surface area contributed by atoms with Crippen molar-refractivity contribution >= 4 is 5.84 Å². The van der Waals surface area contributed by atoms with Gasteiger partial charge in [-0.3, -0.25) is 4.99 Å². The van der Waals surface area contributed by atoms with Gasteiger partial charge in [-0.1, -0.05) is 84.9 Å². The van der Waals surface area contributed by atoms with Gasteiger partial charge >= 0.3 is 0 Å². The average molecular weight is 354 g/mol. The summed E-state index contributed by atoms with van der Waals surface area (Å²) in [4.78, 5) is 7.57. The second-order valence-corrected chi connectivity index (χ2v) is 7.25. The lowest BCUT2D eigenvalue weighted by molar-refractivity contribution is 0.488. The molecule has 1 atom stereocenters. The van der Waals surface area contributed by atoms with Crippen LogP contribution in [0.4, 0.5) is 0 Å². The summed E-state index contributed by atoms with van der Waals surface area (Å²) in [5.74, 6) is 1.20. The standard InChI is InChI=1S/C25H26N2/c1-27-19-22-16-8-9-17-23(22)25(21-14-6-3-7-15-21)26-24(27)18-10-13-20-11-4-2-5-12-20/h2-9,11-12,14-17,25H,10,13,18-19H2,1H3/t25-/m0/s1. The Bertz CT molecular complexity index is 900. The third-order valence-electron chi connectivity index (χ3n) is 5.30. The highest BCUT2D eigenvalue weighted by Gasteiger charge is 2.22. The van der Waals surface area contributed by atoms with Crippen LogP contribution in [0.1, 0.15) is 41.1 Å². The fourth-order valence-electron chi connectivity index (χ4n) is 3.85. The van der Waals surface area contributed by atoms with E-state index in [1.54, 1.807) is 0 Å². The van der Waals surface area contributed by atoms with Crippen LogP contribution >= 0.6 is 0 Å². The average Bonchev–Trinajstić information content (AvgIpc) is 2.86. The first-order chi connectivity index (χ1) is 13.3. The molecule has 136 valence electrons. The zero-order valence-corrected chi connectivity index (χ0v) is 15.9. The first-order valence-corrected chi connectivity index (χ1v) is 9.76. The highest BCUT2D eigenvalue weighted by atomic mass is 15.2. The summed E-state index contributed by atoms with van der Waals surface area (Å²) in [5, 5.41) is 0. The van der Waals surface area contributed by atoms with Crippen molar-refractivity contribution in [3.05, 3.63) is 107 Å². The van der Waals surface area contributed by atoms with E-state index >= 15 is 0 Å². The molecule has 0 spiro atoms. The van der Waals surface area contributed by atoms with Crippen molar-refractivity contribution in [2.75, 3.05) is 7.05 Å². The molecule has 3 aromatic rings. The highest BCUT2D eigenvalue weighted by molar-refractivity contribution is 5.83. The zero-order valence-electron chi connectivity index (χ0n) is 15.9. The summed E-state index contributed by atoms with van der Waals surface area (Å²) in [6.07, 6.45) is 3.21. The number of hydrogen-bond donors (Lipinski definition) is 0. The van der Waals surface area contributed by atoms with E-state index < -0.39 is 0 Å². The minimum atomic E-state index is 0.0825. The third kappa shape index (κ3) is 4.11. The number of nitrogens with zero attached hydrogens (tertiary/aromatic N) is 2. The Morgan fingerprint density at radius 2 is 1.48 bits per heavy atom. The minimum absolute atomic E-state index is 0.0825. The number of hydrogen-bond acceptors (Lipinski definition) is 2. The topological polar surface area (TPSA) is 15.6 Å². The van der Waals surface area contributed by atoms with E-state index in [1.807, 2.05) is 0 Å². The van der Waals surface area contributed by atoms with Gasteiger partial charge in [0.15, 0.2) is 0 Å². The monoisotopic (exact) mass is 354 g/mol. The van der Waals surface area contributed by atoms with Gasteiger partial charge in [0.2, 0.25) is 0 Å². The molecule has 2 heteroatoms. The second-order valence-electron chi connectivity index (χ2n) is 7.25. The maximum absolute atomic E-state index is 5.24. The van der Waals surface area contributed by atoms with E-state index in [0.717, 1.165) is 25.8 Å². The van der Waals surface area contributed by atoms with Crippen LogP contribution < -0.4 is 0 Å². The molecule has 0 unspecified atom stereocenters. The predicted molar refractivity (Wildman–Crippen MR) is 113 cm³/mol. The van der Waals surface area contributed by atoms with E-state index in [4.69, 9.17) is 4.99 Å². The van der Waals surface area contributed by atoms with E-state index in [-0.39, 0.29) is 6.04 Å². The van der Waals surface area contributed by atoms with E-state index in [1.165, 1.54) is 28.1 Å². The fourth-order valence-corrected chi connectivity index (χ4v) is 3.85. The Kier molecular flexibility index (Phi) is 5.34. The highest BCUT2D eigenvalue weighted by Crippen LogP contribution is 2.32. The predicted octanol–water partition coefficient (Wildman–Crippen LogP) is 5.64. The van der Waals surface area contributed by atoms with Gasteiger partial charge in [-0.2, -0.15) is 0 Å². The molecule has 0 saturated heterocycles. The van der Waals surface area contributed by atoms with E-state index in [2.05, 4.69) is 96.9 Å². The molecule has 0 saturated carbocycles. The van der Waals surface area contributed by atoms with Gasteiger partial charge in [-0.25, -0.2) is 0 Å². The molecule has 0 radical (unpaired) electrons. The SMILES string of the molecule is CN1Cc2ccccc2[C@H](c2ccccc2)N=C1CCCc1ccccc1. The molecular weight excluding hydrogens is 328 g/mol. The first kappa shape index (κ1) is 17.5. The Hall–Kier alpha value is -2.87. The summed E-state index contributed by atoms with van der Waals surface area (Å²) in [6.45, 7) is 0.920. The van der Waals surface area contributed by atoms with Gasteiger partial charge in [0.1, 0.15) is 11.9 Å². The lowest BCUT2D eigenvalue weighted by Gasteiger charge is -2.20. The number of fused-ring (bicyclic) bond motifs is 1. The number of amidine groups is 1. The van der Waals surface area contributed by atoms with Gasteiger partial charge in [-0.15, -0.1) is 0 Å². The molecule has 0 fully saturated rings. The summed E-state index contributed by atoms with van der Waals surface area (Å²) >= 11 is 0. The van der Waals surface area contributed by atoms with Crippen molar-refractivity contribution in [2.45, 2.75) is 31.8 Å². The fraction of sp³-hybridized carbons (Fsp3) is 0.240. The smallest absolute Gasteiger partial charge is 0.102 e. The van der Waals surface area contributed by atoms with Crippen LogP contribution in [-0.2, 0) is 13.0 Å². The largest absolute Gasteiger partial charge is 0.359 e. The van der Waals surface area contributed by atoms with Crippen molar-refractivity contribution < 1.29 is 0 Å². The van der Waals surface area contributed by atoms with Gasteiger partial charge in [0, 0.05) is 20.0 Å². The number of rotatable bonds is 5. The Morgan fingerprint density at radius 3 is 2.26 bits per heavy atom. The van der Waals surface area contributed by atoms with Crippen molar-refractivity contribution in [3.63, 3.8) is 0 Å². The normalized spacial score (nSPS) is 16.4. The molecule has 0 amide bonds. The quantitative estimate of drug-likeness (QED) is 0.579. The van der Waals surface area contributed by atoms with Crippen molar-refractivity contribution in [1.29, 1.82) is 0 Å². The minimum Gasteiger partial charge on any atom is -0.359 e. The summed E-state index contributed by atoms with van der Waals surface area (Å²) in [6, 6.07) is 30.2. The van der Waals surface area contributed by atoms with Gasteiger partial charge in [0.05, 0.1) is 0 Å². The van der Waals surface area contributed by atoms with Crippen LogP contribution in [0.15, 0.2) is 89.9 Å². The molecule has 0 aliphatic carbocycles. The van der Waals surface area contributed by atoms with Crippen LogP contribution in [0.2, 0.25) is 0 Å². The van der Waals surface area contributed by atoms with Gasteiger partial charge < -0.3 is 4.90 Å². The summed E-state index contributed by atoms with van der Waals surface area (Å²) in [7, 11) is 2.17. The second kappa shape index (κ2) is 8.22. The molecular formula is C25H26N2. The van der Waals surface area contributed by atoms with Gasteiger partial charge in [-0.05, 0) is 35.1 Å². The van der Waals surface area contributed by atoms with Crippen LogP contribution in [0, 0.1) is 0 Å².